The van der Waals surface area contributed by atoms with Crippen LogP contribution in [0.25, 0.3) is 0 Å². The van der Waals surface area contributed by atoms with E-state index < -0.39 is 6.36 Å². The smallest absolute Gasteiger partial charge is 0.406 e. The number of rotatable bonds is 2. The van der Waals surface area contributed by atoms with E-state index in [0.717, 1.165) is 21.5 Å². The van der Waals surface area contributed by atoms with Crippen molar-refractivity contribution in [2.75, 3.05) is 5.06 Å². The number of thiophene rings is 1. The van der Waals surface area contributed by atoms with Crippen LogP contribution in [0.5, 0.6) is 5.75 Å². The molecule has 3 nitrogen and oxygen atoms in total. The summed E-state index contributed by atoms with van der Waals surface area (Å²) in [5.74, 6) is -0.186. The van der Waals surface area contributed by atoms with Gasteiger partial charge in [-0.25, -0.2) is 5.06 Å². The molecular formula is C15H11BrF3NO2S. The lowest BCUT2D eigenvalue weighted by Gasteiger charge is -2.30. The molecule has 1 saturated heterocycles. The number of ether oxygens (including phenoxy) is 1. The van der Waals surface area contributed by atoms with Crippen LogP contribution in [0.4, 0.5) is 18.9 Å². The highest BCUT2D eigenvalue weighted by molar-refractivity contribution is 9.11. The van der Waals surface area contributed by atoms with E-state index in [1.807, 2.05) is 17.2 Å². The molecule has 2 aliphatic rings. The summed E-state index contributed by atoms with van der Waals surface area (Å²) in [6.45, 7) is 0. The highest BCUT2D eigenvalue weighted by Gasteiger charge is 2.41. The van der Waals surface area contributed by atoms with E-state index in [1.54, 1.807) is 17.4 Å². The summed E-state index contributed by atoms with van der Waals surface area (Å²) in [6, 6.07) is 8.54. The normalized spacial score (nSPS) is 23.0. The van der Waals surface area contributed by atoms with Gasteiger partial charge in [-0.1, -0.05) is 0 Å². The van der Waals surface area contributed by atoms with Crippen molar-refractivity contribution in [2.45, 2.75) is 31.3 Å². The van der Waals surface area contributed by atoms with Gasteiger partial charge in [0.25, 0.3) is 0 Å². The molecule has 1 aromatic carbocycles. The largest absolute Gasteiger partial charge is 0.573 e. The quantitative estimate of drug-likeness (QED) is 0.683. The van der Waals surface area contributed by atoms with Crippen molar-refractivity contribution in [1.82, 2.24) is 0 Å². The third kappa shape index (κ3) is 2.95. The first kappa shape index (κ1) is 15.3. The number of alkyl halides is 3. The number of hydrogen-bond donors (Lipinski definition) is 0. The average molecular weight is 406 g/mol. The van der Waals surface area contributed by atoms with Crippen LogP contribution < -0.4 is 9.80 Å². The topological polar surface area (TPSA) is 21.7 Å². The molecule has 2 aliphatic heterocycles. The molecule has 2 bridgehead atoms. The SMILES string of the molecule is FC(F)(F)Oc1ccc2c(c1)C[C@@H]1C[C@@H](c3ccc(Br)s3)N2O1. The molecule has 1 aromatic heterocycles. The van der Waals surface area contributed by atoms with Crippen molar-refractivity contribution in [3.05, 3.63) is 44.6 Å². The van der Waals surface area contributed by atoms with Gasteiger partial charge >= 0.3 is 6.36 Å². The van der Waals surface area contributed by atoms with E-state index in [9.17, 15) is 13.2 Å². The van der Waals surface area contributed by atoms with Crippen molar-refractivity contribution >= 4 is 33.0 Å². The standard InChI is InChI=1S/C15H11BrF3NO2S/c16-14-4-3-13(23-14)12-7-10-6-8-5-9(21-15(17,18)19)1-2-11(8)20(12)22-10/h1-5,10,12H,6-7H2/t10-,12+/m1/s1. The summed E-state index contributed by atoms with van der Waals surface area (Å²) < 4.78 is 42.1. The summed E-state index contributed by atoms with van der Waals surface area (Å²) in [6.07, 6.45) is -3.29. The molecule has 0 aliphatic carbocycles. The third-order valence-corrected chi connectivity index (χ3v) is 5.65. The van der Waals surface area contributed by atoms with E-state index in [1.165, 1.54) is 17.0 Å². The molecule has 0 N–H and O–H groups in total. The maximum Gasteiger partial charge on any atom is 0.573 e. The Morgan fingerprint density at radius 1 is 1.26 bits per heavy atom. The number of halogens is 4. The van der Waals surface area contributed by atoms with Crippen molar-refractivity contribution in [2.24, 2.45) is 0 Å². The number of hydrogen-bond acceptors (Lipinski definition) is 4. The molecule has 0 spiro atoms. The fraction of sp³-hybridized carbons (Fsp3) is 0.333. The molecule has 4 rings (SSSR count). The van der Waals surface area contributed by atoms with Crippen LogP contribution >= 0.6 is 27.3 Å². The van der Waals surface area contributed by atoms with Crippen LogP contribution in [-0.4, -0.2) is 12.5 Å². The Balaban J connectivity index is 1.65. The van der Waals surface area contributed by atoms with E-state index in [4.69, 9.17) is 4.84 Å². The number of benzene rings is 1. The Hall–Kier alpha value is -1.25. The first-order valence-corrected chi connectivity index (χ1v) is 8.60. The summed E-state index contributed by atoms with van der Waals surface area (Å²) >= 11 is 5.10. The van der Waals surface area contributed by atoms with E-state index in [0.29, 0.717) is 6.42 Å². The van der Waals surface area contributed by atoms with Crippen molar-refractivity contribution in [1.29, 1.82) is 0 Å². The Labute approximate surface area is 142 Å². The van der Waals surface area contributed by atoms with Gasteiger partial charge in [-0.2, -0.15) is 0 Å². The van der Waals surface area contributed by atoms with Gasteiger partial charge in [0, 0.05) is 17.7 Å². The highest BCUT2D eigenvalue weighted by Crippen LogP contribution is 2.47. The van der Waals surface area contributed by atoms with Crippen molar-refractivity contribution in [3.8, 4) is 5.75 Å². The second-order valence-corrected chi connectivity index (χ2v) is 7.98. The van der Waals surface area contributed by atoms with Crippen molar-refractivity contribution < 1.29 is 22.7 Å². The minimum absolute atomic E-state index is 0.0190. The average Bonchev–Trinajstić information content (AvgIpc) is 3.01. The molecule has 0 saturated carbocycles. The maximum atomic E-state index is 12.4. The van der Waals surface area contributed by atoms with Gasteiger partial charge in [0.05, 0.1) is 21.6 Å². The van der Waals surface area contributed by atoms with Crippen LogP contribution in [0.2, 0.25) is 0 Å². The van der Waals surface area contributed by atoms with Crippen LogP contribution in [-0.2, 0) is 11.3 Å². The summed E-state index contributed by atoms with van der Waals surface area (Å²) in [5, 5.41) is 1.82. The fourth-order valence-corrected chi connectivity index (χ4v) is 4.61. The Bertz CT molecular complexity index is 749. The predicted octanol–water partition coefficient (Wildman–Crippen LogP) is 5.22. The lowest BCUT2D eigenvalue weighted by atomic mass is 10.0. The molecule has 23 heavy (non-hydrogen) atoms. The minimum Gasteiger partial charge on any atom is -0.406 e. The second-order valence-electron chi connectivity index (χ2n) is 5.49. The number of anilines is 1. The predicted molar refractivity (Wildman–Crippen MR) is 83.6 cm³/mol. The first-order valence-electron chi connectivity index (χ1n) is 6.99. The molecule has 122 valence electrons. The summed E-state index contributed by atoms with van der Waals surface area (Å²) in [7, 11) is 0. The van der Waals surface area contributed by atoms with Crippen molar-refractivity contribution in [3.63, 3.8) is 0 Å². The Morgan fingerprint density at radius 3 is 2.78 bits per heavy atom. The van der Waals surface area contributed by atoms with Gasteiger partial charge in [0.2, 0.25) is 0 Å². The molecule has 8 heteroatoms. The zero-order valence-electron chi connectivity index (χ0n) is 11.6. The summed E-state index contributed by atoms with van der Waals surface area (Å²) in [5.41, 5.74) is 1.63. The lowest BCUT2D eigenvalue weighted by Crippen LogP contribution is -2.27. The summed E-state index contributed by atoms with van der Waals surface area (Å²) in [4.78, 5) is 7.07. The highest BCUT2D eigenvalue weighted by atomic mass is 79.9. The third-order valence-electron chi connectivity index (χ3n) is 3.92. The van der Waals surface area contributed by atoms with Gasteiger partial charge in [0.1, 0.15) is 5.75 Å². The maximum absolute atomic E-state index is 12.4. The van der Waals surface area contributed by atoms with Gasteiger partial charge in [0.15, 0.2) is 0 Å². The molecule has 2 atom stereocenters. The molecule has 3 heterocycles. The van der Waals surface area contributed by atoms with Gasteiger partial charge in [-0.05, 0) is 51.8 Å². The monoisotopic (exact) mass is 405 g/mol. The number of fused-ring (bicyclic) bond motifs is 4. The van der Waals surface area contributed by atoms with Crippen LogP contribution in [0.15, 0.2) is 34.1 Å². The molecular weight excluding hydrogens is 395 g/mol. The molecule has 0 unspecified atom stereocenters. The zero-order valence-corrected chi connectivity index (χ0v) is 14.0. The molecule has 2 aromatic rings. The van der Waals surface area contributed by atoms with Crippen LogP contribution in [0, 0.1) is 0 Å². The van der Waals surface area contributed by atoms with E-state index in [-0.39, 0.29) is 17.9 Å². The number of nitrogens with zero attached hydrogens (tertiary/aromatic N) is 1. The molecule has 1 fully saturated rings. The van der Waals surface area contributed by atoms with Gasteiger partial charge in [-0.3, -0.25) is 4.84 Å². The fourth-order valence-electron chi connectivity index (χ4n) is 3.09. The minimum atomic E-state index is -4.68. The van der Waals surface area contributed by atoms with Crippen LogP contribution in [0.1, 0.15) is 22.9 Å². The second kappa shape index (κ2) is 5.39. The number of hydroxylamine groups is 1. The van der Waals surface area contributed by atoms with Crippen LogP contribution in [0.3, 0.4) is 0 Å². The first-order chi connectivity index (χ1) is 10.9. The molecule has 0 amide bonds. The lowest BCUT2D eigenvalue weighted by molar-refractivity contribution is -0.274. The Morgan fingerprint density at radius 2 is 2.09 bits per heavy atom. The van der Waals surface area contributed by atoms with E-state index >= 15 is 0 Å². The zero-order chi connectivity index (χ0) is 16.2. The van der Waals surface area contributed by atoms with Gasteiger partial charge < -0.3 is 4.74 Å². The van der Waals surface area contributed by atoms with E-state index in [2.05, 4.69) is 20.7 Å². The Kier molecular flexibility index (Phi) is 3.58. The molecule has 0 radical (unpaired) electrons. The van der Waals surface area contributed by atoms with Gasteiger partial charge in [-0.15, -0.1) is 24.5 Å².